The molecule has 1 fully saturated rings. The van der Waals surface area contributed by atoms with E-state index < -0.39 is 11.4 Å². The van der Waals surface area contributed by atoms with Gasteiger partial charge in [0.15, 0.2) is 0 Å². The lowest BCUT2D eigenvalue weighted by Crippen LogP contribution is -2.40. The van der Waals surface area contributed by atoms with Gasteiger partial charge in [0.1, 0.15) is 5.41 Å². The van der Waals surface area contributed by atoms with Gasteiger partial charge in [-0.2, -0.15) is 0 Å². The number of aliphatic carboxylic acids is 1. The number of carboxylic acids is 1. The number of ether oxygens (including phenoxy) is 1. The van der Waals surface area contributed by atoms with E-state index in [0.717, 1.165) is 0 Å². The van der Waals surface area contributed by atoms with Crippen LogP contribution in [-0.4, -0.2) is 48.7 Å². The van der Waals surface area contributed by atoms with E-state index in [4.69, 9.17) is 27.9 Å². The molecule has 0 spiro atoms. The van der Waals surface area contributed by atoms with E-state index in [1.165, 1.54) is 12.0 Å². The highest BCUT2D eigenvalue weighted by Gasteiger charge is 2.46. The maximum absolute atomic E-state index is 12.4. The summed E-state index contributed by atoms with van der Waals surface area (Å²) in [5, 5.41) is 10.3. The number of halogens is 2. The summed E-state index contributed by atoms with van der Waals surface area (Å²) in [6, 6.07) is 5.06. The van der Waals surface area contributed by atoms with Crippen LogP contribution in [0.1, 0.15) is 12.0 Å². The highest BCUT2D eigenvalue weighted by atomic mass is 35.5. The van der Waals surface area contributed by atoms with Crippen LogP contribution in [0.25, 0.3) is 0 Å². The number of hydrogen-bond donors (Lipinski definition) is 1. The number of carbonyl (C=O) groups excluding carboxylic acids is 1. The number of carboxylic acid groups (broad SMARTS) is 1. The fourth-order valence-corrected chi connectivity index (χ4v) is 3.21. The number of hydrogen-bond acceptors (Lipinski definition) is 3. The molecular weight excluding hydrogens is 329 g/mol. The molecule has 0 aliphatic carbocycles. The fraction of sp³-hybridized carbons (Fsp3) is 0.467. The lowest BCUT2D eigenvalue weighted by atomic mass is 9.88. The molecule has 0 radical (unpaired) electrons. The lowest BCUT2D eigenvalue weighted by Gasteiger charge is -2.24. The molecule has 0 aromatic heterocycles. The summed E-state index contributed by atoms with van der Waals surface area (Å²) < 4.78 is 5.01. The van der Waals surface area contributed by atoms with E-state index in [1.54, 1.807) is 18.2 Å². The van der Waals surface area contributed by atoms with E-state index in [-0.39, 0.29) is 25.5 Å². The first kappa shape index (κ1) is 17.1. The molecule has 1 aliphatic rings. The molecule has 1 N–H and O–H groups in total. The molecule has 1 amide bonds. The van der Waals surface area contributed by atoms with Gasteiger partial charge in [-0.1, -0.05) is 29.3 Å². The molecular formula is C15H17Cl2NO4. The lowest BCUT2D eigenvalue weighted by molar-refractivity contribution is -0.151. The Balaban J connectivity index is 2.10. The van der Waals surface area contributed by atoms with Gasteiger partial charge in [-0.15, -0.1) is 0 Å². The fourth-order valence-electron chi connectivity index (χ4n) is 2.68. The predicted octanol–water partition coefficient (Wildman–Crippen LogP) is 2.49. The van der Waals surface area contributed by atoms with Crippen LogP contribution in [0.4, 0.5) is 0 Å². The van der Waals surface area contributed by atoms with Gasteiger partial charge in [0, 0.05) is 30.2 Å². The van der Waals surface area contributed by atoms with Gasteiger partial charge in [0.2, 0.25) is 5.91 Å². The third-order valence-corrected chi connectivity index (χ3v) is 4.68. The van der Waals surface area contributed by atoms with Crippen molar-refractivity contribution in [3.8, 4) is 0 Å². The van der Waals surface area contributed by atoms with Gasteiger partial charge in [-0.05, 0) is 24.1 Å². The summed E-state index contributed by atoms with van der Waals surface area (Å²) >= 11 is 12.1. The molecule has 1 aromatic rings. The normalized spacial score (nSPS) is 21.1. The van der Waals surface area contributed by atoms with Gasteiger partial charge in [0.05, 0.1) is 13.0 Å². The summed E-state index contributed by atoms with van der Waals surface area (Å²) in [4.78, 5) is 25.4. The summed E-state index contributed by atoms with van der Waals surface area (Å²) in [7, 11) is 1.46. The first-order valence-corrected chi connectivity index (χ1v) is 7.58. The van der Waals surface area contributed by atoms with Crippen LogP contribution in [0, 0.1) is 5.41 Å². The second kappa shape index (κ2) is 6.86. The molecule has 1 aromatic carbocycles. The van der Waals surface area contributed by atoms with Crippen molar-refractivity contribution in [3.05, 3.63) is 33.8 Å². The molecule has 120 valence electrons. The van der Waals surface area contributed by atoms with Gasteiger partial charge < -0.3 is 14.7 Å². The van der Waals surface area contributed by atoms with Gasteiger partial charge in [-0.25, -0.2) is 0 Å². The average molecular weight is 346 g/mol. The number of carbonyl (C=O) groups is 2. The van der Waals surface area contributed by atoms with E-state index >= 15 is 0 Å². The second-order valence-corrected chi connectivity index (χ2v) is 6.28. The van der Waals surface area contributed by atoms with Crippen molar-refractivity contribution < 1.29 is 19.4 Å². The molecule has 1 unspecified atom stereocenters. The molecule has 5 nitrogen and oxygen atoms in total. The molecule has 1 aliphatic heterocycles. The number of rotatable bonds is 5. The SMILES string of the molecule is COCC1(C(=O)O)CCN(C(=O)Cc2c(Cl)cccc2Cl)C1. The first-order valence-electron chi connectivity index (χ1n) is 6.82. The molecule has 0 bridgehead atoms. The van der Waals surface area contributed by atoms with E-state index in [9.17, 15) is 14.7 Å². The Morgan fingerprint density at radius 1 is 1.36 bits per heavy atom. The number of benzene rings is 1. The standard InChI is InChI=1S/C15H17Cl2NO4/c1-22-9-15(14(20)21)5-6-18(8-15)13(19)7-10-11(16)3-2-4-12(10)17/h2-4H,5-9H2,1H3,(H,20,21). The topological polar surface area (TPSA) is 66.8 Å². The summed E-state index contributed by atoms with van der Waals surface area (Å²) in [5.74, 6) is -1.13. The van der Waals surface area contributed by atoms with Crippen LogP contribution < -0.4 is 0 Å². The van der Waals surface area contributed by atoms with Crippen LogP contribution in [0.3, 0.4) is 0 Å². The minimum atomic E-state index is -1.03. The van der Waals surface area contributed by atoms with Gasteiger partial charge in [-0.3, -0.25) is 9.59 Å². The molecule has 1 saturated heterocycles. The molecule has 1 heterocycles. The van der Waals surface area contributed by atoms with Gasteiger partial charge >= 0.3 is 5.97 Å². The van der Waals surface area contributed by atoms with Crippen molar-refractivity contribution in [2.75, 3.05) is 26.8 Å². The van der Waals surface area contributed by atoms with Crippen LogP contribution in [0.15, 0.2) is 18.2 Å². The second-order valence-electron chi connectivity index (χ2n) is 5.46. The molecule has 1 atom stereocenters. The number of likely N-dealkylation sites (tertiary alicyclic amines) is 1. The maximum Gasteiger partial charge on any atom is 0.313 e. The van der Waals surface area contributed by atoms with Crippen LogP contribution in [-0.2, 0) is 20.7 Å². The predicted molar refractivity (Wildman–Crippen MR) is 83.3 cm³/mol. The molecule has 2 rings (SSSR count). The van der Waals surface area contributed by atoms with Crippen molar-refractivity contribution in [3.63, 3.8) is 0 Å². The third-order valence-electron chi connectivity index (χ3n) is 3.97. The zero-order chi connectivity index (χ0) is 16.3. The quantitative estimate of drug-likeness (QED) is 0.890. The zero-order valence-corrected chi connectivity index (χ0v) is 13.7. The number of nitrogens with zero attached hydrogens (tertiary/aromatic N) is 1. The Morgan fingerprint density at radius 3 is 2.55 bits per heavy atom. The highest BCUT2D eigenvalue weighted by Crippen LogP contribution is 2.32. The van der Waals surface area contributed by atoms with Crippen LogP contribution in [0.5, 0.6) is 0 Å². The summed E-state index contributed by atoms with van der Waals surface area (Å²) in [5.41, 5.74) is -0.468. The highest BCUT2D eigenvalue weighted by molar-refractivity contribution is 6.36. The number of amides is 1. The Bertz CT molecular complexity index is 573. The van der Waals surface area contributed by atoms with Crippen molar-refractivity contribution in [2.45, 2.75) is 12.8 Å². The van der Waals surface area contributed by atoms with Gasteiger partial charge in [0.25, 0.3) is 0 Å². The van der Waals surface area contributed by atoms with Crippen molar-refractivity contribution in [2.24, 2.45) is 5.41 Å². The summed E-state index contributed by atoms with van der Waals surface area (Å²) in [6.07, 6.45) is 0.430. The maximum atomic E-state index is 12.4. The Kier molecular flexibility index (Phi) is 5.32. The largest absolute Gasteiger partial charge is 0.481 e. The van der Waals surface area contributed by atoms with E-state index in [1.807, 2.05) is 0 Å². The molecule has 7 heteroatoms. The van der Waals surface area contributed by atoms with E-state index in [0.29, 0.717) is 28.6 Å². The Labute approximate surface area is 138 Å². The summed E-state index contributed by atoms with van der Waals surface area (Å²) in [6.45, 7) is 0.604. The smallest absolute Gasteiger partial charge is 0.313 e. The Morgan fingerprint density at radius 2 is 2.00 bits per heavy atom. The zero-order valence-electron chi connectivity index (χ0n) is 12.1. The minimum Gasteiger partial charge on any atom is -0.481 e. The van der Waals surface area contributed by atoms with Crippen molar-refractivity contribution in [1.29, 1.82) is 0 Å². The van der Waals surface area contributed by atoms with Crippen LogP contribution in [0.2, 0.25) is 10.0 Å². The van der Waals surface area contributed by atoms with Crippen LogP contribution >= 0.6 is 23.2 Å². The van der Waals surface area contributed by atoms with Crippen molar-refractivity contribution >= 4 is 35.1 Å². The third kappa shape index (κ3) is 3.37. The van der Waals surface area contributed by atoms with Crippen molar-refractivity contribution in [1.82, 2.24) is 4.90 Å². The first-order chi connectivity index (χ1) is 10.4. The molecule has 22 heavy (non-hydrogen) atoms. The van der Waals surface area contributed by atoms with E-state index in [2.05, 4.69) is 0 Å². The minimum absolute atomic E-state index is 0.0567. The molecule has 0 saturated carbocycles. The number of methoxy groups -OCH3 is 1. The average Bonchev–Trinajstić information content (AvgIpc) is 2.89. The monoisotopic (exact) mass is 345 g/mol. The Hall–Kier alpha value is -1.30.